The summed E-state index contributed by atoms with van der Waals surface area (Å²) in [5.41, 5.74) is 1.24. The molecule has 5 nitrogen and oxygen atoms in total. The van der Waals surface area contributed by atoms with Crippen LogP contribution in [-0.2, 0) is 0 Å². The van der Waals surface area contributed by atoms with Crippen LogP contribution in [0.15, 0.2) is 53.0 Å². The molecule has 3 rings (SSSR count). The van der Waals surface area contributed by atoms with E-state index in [0.717, 1.165) is 5.39 Å². The topological polar surface area (TPSA) is 68.9 Å². The molecular weight excluding hydrogens is 320 g/mol. The minimum Gasteiger partial charge on any atom is -0.504 e. The molecule has 0 amide bonds. The van der Waals surface area contributed by atoms with Crippen molar-refractivity contribution in [2.75, 3.05) is 13.7 Å². The van der Waals surface area contributed by atoms with E-state index in [0.29, 0.717) is 29.3 Å². The van der Waals surface area contributed by atoms with Gasteiger partial charge in [0, 0.05) is 5.39 Å². The van der Waals surface area contributed by atoms with Crippen LogP contribution in [0.1, 0.15) is 23.0 Å². The highest BCUT2D eigenvalue weighted by molar-refractivity contribution is 6.07. The molecule has 0 bridgehead atoms. The van der Waals surface area contributed by atoms with Crippen molar-refractivity contribution in [3.8, 4) is 17.2 Å². The summed E-state index contributed by atoms with van der Waals surface area (Å²) < 4.78 is 16.2. The lowest BCUT2D eigenvalue weighted by Gasteiger charge is -2.03. The van der Waals surface area contributed by atoms with Crippen LogP contribution in [-0.4, -0.2) is 24.6 Å². The molecule has 2 aromatic carbocycles. The molecule has 0 aliphatic heterocycles. The van der Waals surface area contributed by atoms with Crippen LogP contribution in [0.2, 0.25) is 0 Å². The van der Waals surface area contributed by atoms with Gasteiger partial charge in [0.2, 0.25) is 5.78 Å². The number of fused-ring (bicyclic) bond motifs is 1. The van der Waals surface area contributed by atoms with Gasteiger partial charge in [-0.05, 0) is 42.8 Å². The van der Waals surface area contributed by atoms with Crippen LogP contribution < -0.4 is 9.47 Å². The predicted molar refractivity (Wildman–Crippen MR) is 95.4 cm³/mol. The van der Waals surface area contributed by atoms with Gasteiger partial charge in [0.15, 0.2) is 28.6 Å². The monoisotopic (exact) mass is 338 g/mol. The number of para-hydroxylation sites is 1. The molecule has 1 heterocycles. The van der Waals surface area contributed by atoms with Gasteiger partial charge < -0.3 is 19.0 Å². The minimum absolute atomic E-state index is 0.0159. The van der Waals surface area contributed by atoms with E-state index in [1.165, 1.54) is 19.3 Å². The summed E-state index contributed by atoms with van der Waals surface area (Å²) in [6, 6.07) is 12.1. The fraction of sp³-hybridized carbons (Fsp3) is 0.150. The molecule has 0 unspecified atom stereocenters. The fourth-order valence-corrected chi connectivity index (χ4v) is 2.49. The number of methoxy groups -OCH3 is 1. The lowest BCUT2D eigenvalue weighted by Crippen LogP contribution is -1.91. The number of benzene rings is 2. The largest absolute Gasteiger partial charge is 0.504 e. The first-order valence-corrected chi connectivity index (χ1v) is 7.87. The predicted octanol–water partition coefficient (Wildman–Crippen LogP) is 4.44. The first-order chi connectivity index (χ1) is 12.1. The van der Waals surface area contributed by atoms with Crippen molar-refractivity contribution in [1.29, 1.82) is 0 Å². The van der Waals surface area contributed by atoms with E-state index in [1.54, 1.807) is 30.3 Å². The van der Waals surface area contributed by atoms with E-state index in [-0.39, 0.29) is 17.3 Å². The van der Waals surface area contributed by atoms with Crippen molar-refractivity contribution in [3.63, 3.8) is 0 Å². The number of furan rings is 1. The molecule has 25 heavy (non-hydrogen) atoms. The maximum atomic E-state index is 12.4. The molecule has 0 radical (unpaired) electrons. The Kier molecular flexibility index (Phi) is 4.75. The average molecular weight is 338 g/mol. The number of aromatic hydroxyl groups is 1. The molecule has 0 aliphatic rings. The van der Waals surface area contributed by atoms with E-state index in [9.17, 15) is 9.90 Å². The summed E-state index contributed by atoms with van der Waals surface area (Å²) in [7, 11) is 1.48. The highest BCUT2D eigenvalue weighted by Gasteiger charge is 2.13. The number of hydrogen-bond donors (Lipinski definition) is 1. The lowest BCUT2D eigenvalue weighted by molar-refractivity contribution is 0.102. The number of carbonyl (C=O) groups excluding carboxylic acids is 1. The van der Waals surface area contributed by atoms with E-state index >= 15 is 0 Å². The molecule has 1 N–H and O–H groups in total. The van der Waals surface area contributed by atoms with Crippen LogP contribution in [0.4, 0.5) is 0 Å². The van der Waals surface area contributed by atoms with Gasteiger partial charge in [-0.3, -0.25) is 4.79 Å². The summed E-state index contributed by atoms with van der Waals surface area (Å²) >= 11 is 0. The lowest BCUT2D eigenvalue weighted by atomic mass is 10.1. The molecule has 1 aromatic heterocycles. The zero-order valence-corrected chi connectivity index (χ0v) is 14.0. The highest BCUT2D eigenvalue weighted by Crippen LogP contribution is 2.29. The van der Waals surface area contributed by atoms with Crippen LogP contribution in [0.25, 0.3) is 17.0 Å². The Hall–Kier alpha value is -3.21. The first-order valence-electron chi connectivity index (χ1n) is 7.87. The zero-order valence-electron chi connectivity index (χ0n) is 14.0. The molecule has 0 fully saturated rings. The number of carbonyl (C=O) groups is 1. The number of phenolic OH excluding ortho intramolecular Hbond substituents is 1. The van der Waals surface area contributed by atoms with Gasteiger partial charge in [-0.1, -0.05) is 24.3 Å². The second kappa shape index (κ2) is 7.13. The maximum Gasteiger partial charge on any atom is 0.221 e. The second-order valence-electron chi connectivity index (χ2n) is 5.35. The molecule has 128 valence electrons. The normalized spacial score (nSPS) is 11.1. The maximum absolute atomic E-state index is 12.4. The van der Waals surface area contributed by atoms with Gasteiger partial charge in [-0.15, -0.1) is 0 Å². The summed E-state index contributed by atoms with van der Waals surface area (Å²) in [6.45, 7) is 2.41. The fourth-order valence-electron chi connectivity index (χ4n) is 2.49. The summed E-state index contributed by atoms with van der Waals surface area (Å²) in [4.78, 5) is 12.4. The van der Waals surface area contributed by atoms with Crippen LogP contribution >= 0.6 is 0 Å². The minimum atomic E-state index is -0.269. The number of ether oxygens (including phenoxy) is 2. The average Bonchev–Trinajstić information content (AvgIpc) is 3.05. The molecule has 5 heteroatoms. The van der Waals surface area contributed by atoms with Crippen LogP contribution in [0, 0.1) is 0 Å². The third-order valence-electron chi connectivity index (χ3n) is 3.68. The summed E-state index contributed by atoms with van der Waals surface area (Å²) in [5, 5.41) is 10.6. The summed E-state index contributed by atoms with van der Waals surface area (Å²) in [5.74, 6) is 0.972. The van der Waals surface area contributed by atoms with Gasteiger partial charge in [-0.25, -0.2) is 0 Å². The van der Waals surface area contributed by atoms with E-state index < -0.39 is 0 Å². The number of phenols is 1. The van der Waals surface area contributed by atoms with Crippen molar-refractivity contribution in [3.05, 3.63) is 59.9 Å². The Balaban J connectivity index is 1.84. The molecule has 0 spiro atoms. The van der Waals surface area contributed by atoms with Crippen molar-refractivity contribution in [2.24, 2.45) is 0 Å². The van der Waals surface area contributed by atoms with Crippen LogP contribution in [0.5, 0.6) is 17.2 Å². The highest BCUT2D eigenvalue weighted by atomic mass is 16.5. The number of hydrogen-bond acceptors (Lipinski definition) is 5. The standard InChI is InChI=1S/C20H18O5/c1-3-24-18-6-4-5-14-12-19(25-20(14)18)15(21)9-7-13-8-10-17(23-2)16(22)11-13/h4-12,22H,3H2,1-2H3/b9-7+. The van der Waals surface area contributed by atoms with Gasteiger partial charge in [0.1, 0.15) is 0 Å². The molecule has 0 atom stereocenters. The van der Waals surface area contributed by atoms with Crippen molar-refractivity contribution in [2.45, 2.75) is 6.92 Å². The van der Waals surface area contributed by atoms with E-state index in [2.05, 4.69) is 0 Å². The molecule has 0 saturated heterocycles. The first kappa shape index (κ1) is 16.6. The Morgan fingerprint density at radius 2 is 2.04 bits per heavy atom. The summed E-state index contributed by atoms with van der Waals surface area (Å²) in [6.07, 6.45) is 3.01. The second-order valence-corrected chi connectivity index (χ2v) is 5.35. The third kappa shape index (κ3) is 3.50. The molecule has 3 aromatic rings. The Morgan fingerprint density at radius 1 is 1.20 bits per heavy atom. The molecule has 0 saturated carbocycles. The van der Waals surface area contributed by atoms with Crippen molar-refractivity contribution < 1.29 is 23.8 Å². The SMILES string of the molecule is CCOc1cccc2cc(C(=O)/C=C/c3ccc(OC)c(O)c3)oc12. The van der Waals surface area contributed by atoms with Gasteiger partial charge in [0.05, 0.1) is 13.7 Å². The van der Waals surface area contributed by atoms with Crippen molar-refractivity contribution >= 4 is 22.8 Å². The van der Waals surface area contributed by atoms with E-state index in [1.807, 2.05) is 19.1 Å². The third-order valence-corrected chi connectivity index (χ3v) is 3.68. The smallest absolute Gasteiger partial charge is 0.221 e. The quantitative estimate of drug-likeness (QED) is 0.531. The van der Waals surface area contributed by atoms with Gasteiger partial charge in [-0.2, -0.15) is 0 Å². The Bertz CT molecular complexity index is 936. The number of rotatable bonds is 6. The van der Waals surface area contributed by atoms with Crippen molar-refractivity contribution in [1.82, 2.24) is 0 Å². The van der Waals surface area contributed by atoms with E-state index in [4.69, 9.17) is 13.9 Å². The number of allylic oxidation sites excluding steroid dienone is 1. The Morgan fingerprint density at radius 3 is 2.76 bits per heavy atom. The molecular formula is C20H18O5. The van der Waals surface area contributed by atoms with Crippen LogP contribution in [0.3, 0.4) is 0 Å². The Labute approximate surface area is 145 Å². The van der Waals surface area contributed by atoms with Gasteiger partial charge in [0.25, 0.3) is 0 Å². The van der Waals surface area contributed by atoms with Gasteiger partial charge >= 0.3 is 0 Å². The zero-order chi connectivity index (χ0) is 17.8. The molecule has 0 aliphatic carbocycles. The number of ketones is 1.